The number of nitrogens with zero attached hydrogens (tertiary/aromatic N) is 1. The predicted octanol–water partition coefficient (Wildman–Crippen LogP) is 5.32. The third kappa shape index (κ3) is 5.46. The molecule has 3 aromatic carbocycles. The molecular weight excluding hydrogens is 473 g/mol. The maximum atomic E-state index is 12.8. The number of carbonyl (C=O) groups excluding carboxylic acids is 1. The van der Waals surface area contributed by atoms with Gasteiger partial charge in [0.15, 0.2) is 0 Å². The van der Waals surface area contributed by atoms with Gasteiger partial charge in [-0.3, -0.25) is 4.79 Å². The lowest BCUT2D eigenvalue weighted by Gasteiger charge is -2.19. The Morgan fingerprint density at radius 2 is 1.59 bits per heavy atom. The molecule has 3 rings (SSSR count). The Morgan fingerprint density at radius 3 is 2.10 bits per heavy atom. The molecule has 3 aromatic rings. The van der Waals surface area contributed by atoms with Crippen LogP contribution in [0.25, 0.3) is 0 Å². The van der Waals surface area contributed by atoms with Crippen molar-refractivity contribution < 1.29 is 4.79 Å². The first-order valence-electron chi connectivity index (χ1n) is 9.12. The van der Waals surface area contributed by atoms with Gasteiger partial charge in [0.05, 0.1) is 6.04 Å². The number of hydrogen-bond donors (Lipinski definition) is 2. The number of nitriles is 1. The molecular formula is C24H20IN3O. The van der Waals surface area contributed by atoms with Crippen LogP contribution in [0.2, 0.25) is 0 Å². The van der Waals surface area contributed by atoms with Gasteiger partial charge in [-0.05, 0) is 64.4 Å². The van der Waals surface area contributed by atoms with Crippen LogP contribution in [0.5, 0.6) is 0 Å². The summed E-state index contributed by atoms with van der Waals surface area (Å²) < 4.78 is 1.13. The second kappa shape index (κ2) is 9.89. The van der Waals surface area contributed by atoms with Crippen LogP contribution in [-0.4, -0.2) is 5.91 Å². The lowest BCUT2D eigenvalue weighted by atomic mass is 9.98. The minimum atomic E-state index is -0.430. The molecule has 0 saturated heterocycles. The van der Waals surface area contributed by atoms with Gasteiger partial charge in [0, 0.05) is 15.5 Å². The molecule has 0 fully saturated rings. The van der Waals surface area contributed by atoms with Crippen molar-refractivity contribution in [2.24, 2.45) is 0 Å². The van der Waals surface area contributed by atoms with E-state index < -0.39 is 5.91 Å². The molecule has 0 radical (unpaired) electrons. The zero-order valence-corrected chi connectivity index (χ0v) is 18.1. The largest absolute Gasteiger partial charge is 0.360 e. The zero-order valence-electron chi connectivity index (χ0n) is 15.9. The summed E-state index contributed by atoms with van der Waals surface area (Å²) in [5.41, 5.74) is 3.81. The first-order chi connectivity index (χ1) is 14.1. The third-order valence-corrected chi connectivity index (χ3v) is 5.14. The maximum absolute atomic E-state index is 12.8. The molecule has 0 unspecified atom stereocenters. The van der Waals surface area contributed by atoms with Crippen LogP contribution in [0.4, 0.5) is 5.69 Å². The number of carbonyl (C=O) groups is 1. The quantitative estimate of drug-likeness (QED) is 0.278. The normalized spacial score (nSPS) is 11.0. The lowest BCUT2D eigenvalue weighted by Crippen LogP contribution is -2.30. The topological polar surface area (TPSA) is 64.9 Å². The molecule has 29 heavy (non-hydrogen) atoms. The standard InChI is InChI=1S/C24H20IN3O/c1-17-14-21(25)12-13-22(17)27-16-20(15-26)24(29)28-23(18-8-4-2-5-9-18)19-10-6-3-7-11-19/h2-14,16,23,27H,1H3,(H,28,29)/b20-16-. The SMILES string of the molecule is Cc1cc(I)ccc1N/C=C(/C#N)C(=O)NC(c1ccccc1)c1ccccc1. The zero-order chi connectivity index (χ0) is 20.6. The van der Waals surface area contributed by atoms with E-state index in [0.717, 1.165) is 25.9 Å². The van der Waals surface area contributed by atoms with Gasteiger partial charge >= 0.3 is 0 Å². The summed E-state index contributed by atoms with van der Waals surface area (Å²) in [6, 6.07) is 27.0. The molecule has 2 N–H and O–H groups in total. The van der Waals surface area contributed by atoms with Gasteiger partial charge in [0.25, 0.3) is 5.91 Å². The van der Waals surface area contributed by atoms with Crippen LogP contribution in [0.1, 0.15) is 22.7 Å². The fraction of sp³-hybridized carbons (Fsp3) is 0.0833. The highest BCUT2D eigenvalue weighted by Crippen LogP contribution is 2.22. The van der Waals surface area contributed by atoms with Crippen LogP contribution in [0.3, 0.4) is 0 Å². The number of anilines is 1. The van der Waals surface area contributed by atoms with Crippen molar-refractivity contribution in [1.29, 1.82) is 5.26 Å². The summed E-state index contributed by atoms with van der Waals surface area (Å²) in [6.45, 7) is 1.98. The van der Waals surface area contributed by atoms with Crippen molar-refractivity contribution in [2.45, 2.75) is 13.0 Å². The van der Waals surface area contributed by atoms with Crippen molar-refractivity contribution in [3.63, 3.8) is 0 Å². The van der Waals surface area contributed by atoms with Crippen LogP contribution in [0.15, 0.2) is 90.6 Å². The van der Waals surface area contributed by atoms with Gasteiger partial charge < -0.3 is 10.6 Å². The van der Waals surface area contributed by atoms with Gasteiger partial charge in [0.2, 0.25) is 0 Å². The fourth-order valence-corrected chi connectivity index (χ4v) is 3.59. The Hall–Kier alpha value is -3.11. The molecule has 5 heteroatoms. The molecule has 0 aliphatic rings. The van der Waals surface area contributed by atoms with Gasteiger partial charge in [-0.15, -0.1) is 0 Å². The minimum Gasteiger partial charge on any atom is -0.360 e. The highest BCUT2D eigenvalue weighted by molar-refractivity contribution is 14.1. The molecule has 0 aliphatic heterocycles. The first-order valence-corrected chi connectivity index (χ1v) is 10.2. The van der Waals surface area contributed by atoms with Gasteiger partial charge in [-0.25, -0.2) is 0 Å². The van der Waals surface area contributed by atoms with E-state index >= 15 is 0 Å². The fourth-order valence-electron chi connectivity index (χ4n) is 2.95. The summed E-state index contributed by atoms with van der Waals surface area (Å²) >= 11 is 2.25. The van der Waals surface area contributed by atoms with Crippen molar-refractivity contribution in [1.82, 2.24) is 5.32 Å². The van der Waals surface area contributed by atoms with E-state index in [9.17, 15) is 10.1 Å². The minimum absolute atomic E-state index is 0.0137. The third-order valence-electron chi connectivity index (χ3n) is 4.47. The molecule has 0 heterocycles. The Bertz CT molecular complexity index is 1020. The molecule has 0 aliphatic carbocycles. The number of nitrogens with one attached hydrogen (secondary N) is 2. The summed E-state index contributed by atoms with van der Waals surface area (Å²) in [7, 11) is 0. The number of rotatable bonds is 6. The number of hydrogen-bond acceptors (Lipinski definition) is 3. The van der Waals surface area contributed by atoms with Crippen molar-refractivity contribution in [3.05, 3.63) is 111 Å². The highest BCUT2D eigenvalue weighted by Gasteiger charge is 2.19. The van der Waals surface area contributed by atoms with Crippen molar-refractivity contribution in [3.8, 4) is 6.07 Å². The van der Waals surface area contributed by atoms with E-state index in [0.29, 0.717) is 0 Å². The number of halogens is 1. The van der Waals surface area contributed by atoms with E-state index in [1.165, 1.54) is 6.20 Å². The second-order valence-corrected chi connectivity index (χ2v) is 7.75. The van der Waals surface area contributed by atoms with E-state index in [4.69, 9.17) is 0 Å². The van der Waals surface area contributed by atoms with Gasteiger partial charge in [-0.1, -0.05) is 60.7 Å². The monoisotopic (exact) mass is 493 g/mol. The van der Waals surface area contributed by atoms with Crippen LogP contribution >= 0.6 is 22.6 Å². The molecule has 0 spiro atoms. The molecule has 4 nitrogen and oxygen atoms in total. The van der Waals surface area contributed by atoms with E-state index in [-0.39, 0.29) is 11.6 Å². The van der Waals surface area contributed by atoms with E-state index in [2.05, 4.69) is 33.2 Å². The lowest BCUT2D eigenvalue weighted by molar-refractivity contribution is -0.117. The van der Waals surface area contributed by atoms with E-state index in [1.807, 2.05) is 91.9 Å². The summed E-state index contributed by atoms with van der Waals surface area (Å²) in [5, 5.41) is 15.6. The second-order valence-electron chi connectivity index (χ2n) is 6.50. The van der Waals surface area contributed by atoms with Crippen LogP contribution < -0.4 is 10.6 Å². The smallest absolute Gasteiger partial charge is 0.264 e. The Balaban J connectivity index is 1.83. The summed E-state index contributed by atoms with van der Waals surface area (Å²) in [6.07, 6.45) is 1.46. The summed E-state index contributed by atoms with van der Waals surface area (Å²) in [5.74, 6) is -0.430. The highest BCUT2D eigenvalue weighted by atomic mass is 127. The van der Waals surface area contributed by atoms with Crippen molar-refractivity contribution in [2.75, 3.05) is 5.32 Å². The molecule has 1 amide bonds. The Morgan fingerprint density at radius 1 is 1.00 bits per heavy atom. The molecule has 0 saturated carbocycles. The summed E-state index contributed by atoms with van der Waals surface area (Å²) in [4.78, 5) is 12.8. The predicted molar refractivity (Wildman–Crippen MR) is 124 cm³/mol. The maximum Gasteiger partial charge on any atom is 0.264 e. The average Bonchev–Trinajstić information content (AvgIpc) is 2.75. The van der Waals surface area contributed by atoms with Crippen LogP contribution in [0, 0.1) is 21.8 Å². The average molecular weight is 493 g/mol. The Kier molecular flexibility index (Phi) is 7.04. The Labute approximate surface area is 184 Å². The molecule has 144 valence electrons. The molecule has 0 aromatic heterocycles. The van der Waals surface area contributed by atoms with Gasteiger partial charge in [0.1, 0.15) is 11.6 Å². The molecule has 0 atom stereocenters. The number of benzene rings is 3. The van der Waals surface area contributed by atoms with Crippen molar-refractivity contribution >= 4 is 34.2 Å². The molecule has 0 bridgehead atoms. The van der Waals surface area contributed by atoms with E-state index in [1.54, 1.807) is 0 Å². The number of amides is 1. The van der Waals surface area contributed by atoms with Gasteiger partial charge in [-0.2, -0.15) is 5.26 Å². The number of aryl methyl sites for hydroxylation is 1. The first kappa shape index (κ1) is 20.6. The van der Waals surface area contributed by atoms with Crippen LogP contribution in [-0.2, 0) is 4.79 Å².